The number of benzene rings is 1. The number of carbonyl (C=O) groups excluding carboxylic acids is 1. The van der Waals surface area contributed by atoms with E-state index < -0.39 is 0 Å². The Kier molecular flexibility index (Phi) is 4.34. The Hall–Kier alpha value is -2.23. The molecular formula is C13H14O4. The average molecular weight is 234 g/mol. The fourth-order valence-electron chi connectivity index (χ4n) is 1.24. The Bertz CT molecular complexity index is 455. The van der Waals surface area contributed by atoms with E-state index in [4.69, 9.17) is 4.74 Å². The third-order valence-electron chi connectivity index (χ3n) is 2.02. The second-order valence-corrected chi connectivity index (χ2v) is 3.44. The van der Waals surface area contributed by atoms with Crippen molar-refractivity contribution in [1.29, 1.82) is 0 Å². The topological polar surface area (TPSA) is 66.8 Å². The summed E-state index contributed by atoms with van der Waals surface area (Å²) in [6.07, 6.45) is 2.14. The van der Waals surface area contributed by atoms with Crippen molar-refractivity contribution in [2.24, 2.45) is 0 Å². The lowest BCUT2D eigenvalue weighted by Crippen LogP contribution is -1.89. The van der Waals surface area contributed by atoms with Crippen LogP contribution >= 0.6 is 0 Å². The van der Waals surface area contributed by atoms with E-state index in [0.29, 0.717) is 11.3 Å². The minimum Gasteiger partial charge on any atom is -0.508 e. The molecule has 90 valence electrons. The summed E-state index contributed by atoms with van der Waals surface area (Å²) < 4.78 is 4.98. The van der Waals surface area contributed by atoms with Crippen molar-refractivity contribution < 1.29 is 19.7 Å². The van der Waals surface area contributed by atoms with Crippen molar-refractivity contribution in [3.8, 4) is 5.75 Å². The number of ketones is 1. The zero-order chi connectivity index (χ0) is 12.8. The number of carbonyl (C=O) groups is 1. The molecule has 0 aliphatic heterocycles. The van der Waals surface area contributed by atoms with Crippen molar-refractivity contribution in [2.75, 3.05) is 7.11 Å². The molecule has 0 aromatic heterocycles. The van der Waals surface area contributed by atoms with Crippen LogP contribution in [0.1, 0.15) is 12.5 Å². The number of hydrogen-bond acceptors (Lipinski definition) is 4. The first-order valence-electron chi connectivity index (χ1n) is 4.99. The molecule has 0 atom stereocenters. The third kappa shape index (κ3) is 4.03. The van der Waals surface area contributed by atoms with Crippen LogP contribution in [0.5, 0.6) is 5.75 Å². The van der Waals surface area contributed by atoms with Gasteiger partial charge in [-0.25, -0.2) is 0 Å². The Labute approximate surface area is 99.5 Å². The lowest BCUT2D eigenvalue weighted by molar-refractivity contribution is -0.112. The summed E-state index contributed by atoms with van der Waals surface area (Å²) in [5.41, 5.74) is 0.523. The van der Waals surface area contributed by atoms with Gasteiger partial charge in [-0.15, -0.1) is 0 Å². The highest BCUT2D eigenvalue weighted by atomic mass is 16.5. The van der Waals surface area contributed by atoms with Crippen LogP contribution in [0.15, 0.2) is 42.2 Å². The maximum atomic E-state index is 10.7. The van der Waals surface area contributed by atoms with Gasteiger partial charge < -0.3 is 14.9 Å². The normalized spacial score (nSPS) is 12.4. The molecule has 0 unspecified atom stereocenters. The maximum absolute atomic E-state index is 10.7. The molecule has 4 nitrogen and oxygen atoms in total. The molecule has 1 aromatic carbocycles. The third-order valence-corrected chi connectivity index (χ3v) is 2.02. The largest absolute Gasteiger partial charge is 0.508 e. The molecule has 0 spiro atoms. The maximum Gasteiger partial charge on any atom is 0.156 e. The van der Waals surface area contributed by atoms with E-state index in [1.807, 2.05) is 0 Å². The van der Waals surface area contributed by atoms with E-state index in [9.17, 15) is 15.0 Å². The quantitative estimate of drug-likeness (QED) is 0.477. The summed E-state index contributed by atoms with van der Waals surface area (Å²) in [5.74, 6) is -0.0280. The molecular weight excluding hydrogens is 220 g/mol. The molecule has 0 radical (unpaired) electrons. The van der Waals surface area contributed by atoms with Gasteiger partial charge in [0.15, 0.2) is 5.78 Å². The standard InChI is InChI=1S/C13H14O4/c1-9(14)7-11(15)8-13(16)10-3-5-12(17-2)6-4-10/h3-8,15-16H,1-2H3/b11-7-,13-8-. The summed E-state index contributed by atoms with van der Waals surface area (Å²) in [5, 5.41) is 19.0. The first kappa shape index (κ1) is 12.8. The van der Waals surface area contributed by atoms with Gasteiger partial charge in [0.1, 0.15) is 17.3 Å². The minimum atomic E-state index is -0.290. The van der Waals surface area contributed by atoms with Crippen LogP contribution in [0.25, 0.3) is 5.76 Å². The lowest BCUT2D eigenvalue weighted by atomic mass is 10.1. The molecule has 0 aliphatic carbocycles. The van der Waals surface area contributed by atoms with Gasteiger partial charge in [-0.1, -0.05) is 0 Å². The van der Waals surface area contributed by atoms with Gasteiger partial charge in [-0.2, -0.15) is 0 Å². The van der Waals surface area contributed by atoms with E-state index in [-0.39, 0.29) is 17.3 Å². The smallest absolute Gasteiger partial charge is 0.156 e. The van der Waals surface area contributed by atoms with Crippen molar-refractivity contribution in [3.05, 3.63) is 47.7 Å². The van der Waals surface area contributed by atoms with Gasteiger partial charge in [0.05, 0.1) is 7.11 Å². The van der Waals surface area contributed by atoms with E-state index in [1.54, 1.807) is 31.4 Å². The van der Waals surface area contributed by atoms with Crippen molar-refractivity contribution in [2.45, 2.75) is 6.92 Å². The van der Waals surface area contributed by atoms with Crippen molar-refractivity contribution in [3.63, 3.8) is 0 Å². The summed E-state index contributed by atoms with van der Waals surface area (Å²) >= 11 is 0. The van der Waals surface area contributed by atoms with Gasteiger partial charge in [-0.3, -0.25) is 4.79 Å². The fourth-order valence-corrected chi connectivity index (χ4v) is 1.24. The Balaban J connectivity index is 2.91. The molecule has 1 rings (SSSR count). The van der Waals surface area contributed by atoms with E-state index >= 15 is 0 Å². The first-order valence-corrected chi connectivity index (χ1v) is 4.99. The number of methoxy groups -OCH3 is 1. The van der Waals surface area contributed by atoms with E-state index in [0.717, 1.165) is 12.2 Å². The molecule has 2 N–H and O–H groups in total. The van der Waals surface area contributed by atoms with Crippen molar-refractivity contribution in [1.82, 2.24) is 0 Å². The molecule has 0 fully saturated rings. The van der Waals surface area contributed by atoms with Crippen LogP contribution < -0.4 is 4.74 Å². The number of aliphatic hydroxyl groups excluding tert-OH is 2. The van der Waals surface area contributed by atoms with Crippen LogP contribution in [0.4, 0.5) is 0 Å². The van der Waals surface area contributed by atoms with Gasteiger partial charge in [0, 0.05) is 17.7 Å². The van der Waals surface area contributed by atoms with E-state index in [2.05, 4.69) is 0 Å². The monoisotopic (exact) mass is 234 g/mol. The highest BCUT2D eigenvalue weighted by Crippen LogP contribution is 2.17. The molecule has 0 saturated carbocycles. The SMILES string of the molecule is COc1ccc(/C(O)=C/C(O)=C/C(C)=O)cc1. The zero-order valence-electron chi connectivity index (χ0n) is 9.68. The highest BCUT2D eigenvalue weighted by Gasteiger charge is 2.01. The summed E-state index contributed by atoms with van der Waals surface area (Å²) in [6, 6.07) is 6.66. The van der Waals surface area contributed by atoms with Gasteiger partial charge in [0.2, 0.25) is 0 Å². The predicted octanol–water partition coefficient (Wildman–Crippen LogP) is 2.63. The van der Waals surface area contributed by atoms with Crippen LogP contribution in [-0.2, 0) is 4.79 Å². The summed E-state index contributed by atoms with van der Waals surface area (Å²) in [4.78, 5) is 10.7. The first-order chi connectivity index (χ1) is 8.02. The molecule has 0 aliphatic rings. The molecule has 0 saturated heterocycles. The predicted molar refractivity (Wildman–Crippen MR) is 65.0 cm³/mol. The molecule has 0 amide bonds. The number of ether oxygens (including phenoxy) is 1. The Morgan fingerprint density at radius 3 is 2.24 bits per heavy atom. The zero-order valence-corrected chi connectivity index (χ0v) is 9.68. The number of aliphatic hydroxyl groups is 2. The van der Waals surface area contributed by atoms with Crippen LogP contribution in [0, 0.1) is 0 Å². The lowest BCUT2D eigenvalue weighted by Gasteiger charge is -2.02. The Morgan fingerprint density at radius 2 is 1.76 bits per heavy atom. The molecule has 0 heterocycles. The number of hydrogen-bond donors (Lipinski definition) is 2. The van der Waals surface area contributed by atoms with Gasteiger partial charge >= 0.3 is 0 Å². The Morgan fingerprint density at radius 1 is 1.18 bits per heavy atom. The van der Waals surface area contributed by atoms with Crippen LogP contribution in [0.2, 0.25) is 0 Å². The highest BCUT2D eigenvalue weighted by molar-refractivity contribution is 5.88. The molecule has 4 heteroatoms. The van der Waals surface area contributed by atoms with Gasteiger partial charge in [0.25, 0.3) is 0 Å². The van der Waals surface area contributed by atoms with Crippen molar-refractivity contribution >= 4 is 11.5 Å². The average Bonchev–Trinajstić information content (AvgIpc) is 2.28. The van der Waals surface area contributed by atoms with Crippen LogP contribution in [-0.4, -0.2) is 23.1 Å². The molecule has 0 bridgehead atoms. The number of rotatable bonds is 4. The van der Waals surface area contributed by atoms with E-state index in [1.165, 1.54) is 6.92 Å². The second kappa shape index (κ2) is 5.75. The number of allylic oxidation sites excluding steroid dienone is 2. The summed E-state index contributed by atoms with van der Waals surface area (Å²) in [6.45, 7) is 1.31. The molecule has 17 heavy (non-hydrogen) atoms. The minimum absolute atomic E-state index is 0.123. The van der Waals surface area contributed by atoms with Gasteiger partial charge in [-0.05, 0) is 31.2 Å². The molecule has 1 aromatic rings. The summed E-state index contributed by atoms with van der Waals surface area (Å²) in [7, 11) is 1.55. The second-order valence-electron chi connectivity index (χ2n) is 3.44. The van der Waals surface area contributed by atoms with Crippen LogP contribution in [0.3, 0.4) is 0 Å². The fraction of sp³-hybridized carbons (Fsp3) is 0.154.